The average molecular weight is 447 g/mol. The molecule has 7 heteroatoms. The Balaban J connectivity index is 2.93. The van der Waals surface area contributed by atoms with E-state index in [9.17, 15) is 15.8 Å². The zero-order chi connectivity index (χ0) is 24.8. The molecule has 2 unspecified atom stereocenters. The van der Waals surface area contributed by atoms with Crippen molar-refractivity contribution in [1.29, 1.82) is 15.8 Å². The molecule has 33 heavy (non-hydrogen) atoms. The van der Waals surface area contributed by atoms with Gasteiger partial charge >= 0.3 is 0 Å². The third-order valence-corrected chi connectivity index (χ3v) is 9.03. The second-order valence-electron chi connectivity index (χ2n) is 8.97. The highest BCUT2D eigenvalue weighted by Gasteiger charge is 2.33. The lowest BCUT2D eigenvalue weighted by atomic mass is 9.94. The van der Waals surface area contributed by atoms with Gasteiger partial charge in [0.05, 0.1) is 43.5 Å². The first-order chi connectivity index (χ1) is 15.6. The lowest BCUT2D eigenvalue weighted by Gasteiger charge is -2.24. The van der Waals surface area contributed by atoms with Gasteiger partial charge in [-0.2, -0.15) is 5.26 Å². The maximum Gasteiger partial charge on any atom is 0.269 e. The van der Waals surface area contributed by atoms with Gasteiger partial charge < -0.3 is 0 Å². The van der Waals surface area contributed by atoms with Crippen molar-refractivity contribution in [3.63, 3.8) is 0 Å². The Kier molecular flexibility index (Phi) is 7.74. The second kappa shape index (κ2) is 10.3. The average Bonchev–Trinajstić information content (AvgIpc) is 3.28. The van der Waals surface area contributed by atoms with Crippen LogP contribution in [0.3, 0.4) is 0 Å². The summed E-state index contributed by atoms with van der Waals surface area (Å²) in [5.74, 6) is 0.198. The number of rotatable bonds is 4. The van der Waals surface area contributed by atoms with Crippen LogP contribution in [0, 0.1) is 59.6 Å². The van der Waals surface area contributed by atoms with Crippen molar-refractivity contribution in [2.75, 3.05) is 0 Å². The summed E-state index contributed by atoms with van der Waals surface area (Å²) in [7, 11) is -1.31. The van der Waals surface area contributed by atoms with Gasteiger partial charge in [0.2, 0.25) is 0 Å². The van der Waals surface area contributed by atoms with Crippen LogP contribution in [0.4, 0.5) is 0 Å². The number of hydrogen-bond acceptors (Lipinski definition) is 3. The molecule has 0 radical (unpaired) electrons. The van der Waals surface area contributed by atoms with Crippen LogP contribution in [0.5, 0.6) is 0 Å². The molecular weight excluding hydrogens is 424 g/mol. The molecule has 1 aromatic carbocycles. The summed E-state index contributed by atoms with van der Waals surface area (Å²) >= 11 is 0. The van der Waals surface area contributed by atoms with Gasteiger partial charge in [0, 0.05) is 8.07 Å². The largest absolute Gasteiger partial charge is 0.269 e. The Hall–Kier alpha value is -4.40. The molecule has 2 atom stereocenters. The first-order valence-electron chi connectivity index (χ1n) is 10.3. The monoisotopic (exact) mass is 446 g/mol. The van der Waals surface area contributed by atoms with E-state index < -0.39 is 8.07 Å². The predicted molar refractivity (Wildman–Crippen MR) is 131 cm³/mol. The zero-order valence-corrected chi connectivity index (χ0v) is 19.9. The summed E-state index contributed by atoms with van der Waals surface area (Å²) in [6.07, 6.45) is 4.96. The van der Waals surface area contributed by atoms with Gasteiger partial charge in [-0.3, -0.25) is 0 Å². The van der Waals surface area contributed by atoms with Gasteiger partial charge in [0.15, 0.2) is 5.70 Å². The van der Waals surface area contributed by atoms with Gasteiger partial charge in [-0.25, -0.2) is 25.1 Å². The highest BCUT2D eigenvalue weighted by atomic mass is 28.3. The van der Waals surface area contributed by atoms with E-state index in [0.717, 1.165) is 19.3 Å². The van der Waals surface area contributed by atoms with Crippen LogP contribution in [0.2, 0.25) is 25.2 Å². The molecule has 0 saturated heterocycles. The van der Waals surface area contributed by atoms with Crippen molar-refractivity contribution in [3.05, 3.63) is 80.6 Å². The summed E-state index contributed by atoms with van der Waals surface area (Å²) in [4.78, 5) is 9.89. The van der Waals surface area contributed by atoms with Crippen LogP contribution < -0.4 is 10.4 Å². The predicted octanol–water partition coefficient (Wildman–Crippen LogP) is 5.09. The standard InChI is InChI=1S/C26H22N6Si/c1-17(30-2)21-12-24(26(16-29)32-4)22(13-23(21)25(15-28)31-3)19(14-27)10-18-8-9-20(11-18)33(5,6)7/h10,12-13,18,20H,1,8-9,11H2,5-7H3/b19-10?,25-23-,26-24+. The Morgan fingerprint density at radius 1 is 0.939 bits per heavy atom. The molecule has 1 aromatic rings. The van der Waals surface area contributed by atoms with Gasteiger partial charge in [0.25, 0.3) is 11.4 Å². The number of nitrogens with zero attached hydrogens (tertiary/aromatic N) is 6. The maximum absolute atomic E-state index is 10.0. The molecule has 1 saturated carbocycles. The van der Waals surface area contributed by atoms with Crippen molar-refractivity contribution >= 4 is 30.7 Å². The van der Waals surface area contributed by atoms with Crippen LogP contribution in [0.15, 0.2) is 24.8 Å². The molecule has 0 aliphatic heterocycles. The molecule has 1 fully saturated rings. The summed E-state index contributed by atoms with van der Waals surface area (Å²) < 4.78 is 0. The fourth-order valence-electron chi connectivity index (χ4n) is 4.18. The van der Waals surface area contributed by atoms with Crippen molar-refractivity contribution < 1.29 is 0 Å². The first kappa shape index (κ1) is 24.9. The summed E-state index contributed by atoms with van der Waals surface area (Å²) in [6.45, 7) is 32.8. The molecule has 160 valence electrons. The van der Waals surface area contributed by atoms with Gasteiger partial charge in [0.1, 0.15) is 0 Å². The fourth-order valence-corrected chi connectivity index (χ4v) is 6.22. The Labute approximate surface area is 195 Å². The molecular formula is C26H22N6Si. The van der Waals surface area contributed by atoms with Crippen molar-refractivity contribution in [3.8, 4) is 18.2 Å². The van der Waals surface area contributed by atoms with Crippen LogP contribution in [-0.2, 0) is 0 Å². The summed E-state index contributed by atoms with van der Waals surface area (Å²) in [5.41, 5.74) is 0.964. The molecule has 1 aliphatic carbocycles. The molecule has 0 spiro atoms. The molecule has 0 heterocycles. The van der Waals surface area contributed by atoms with E-state index in [0.29, 0.717) is 16.7 Å². The first-order valence-corrected chi connectivity index (χ1v) is 13.9. The number of allylic oxidation sites excluding steroid dienone is 2. The Morgan fingerprint density at radius 2 is 1.48 bits per heavy atom. The summed E-state index contributed by atoms with van der Waals surface area (Å²) in [5, 5.41) is 29.4. The Morgan fingerprint density at radius 3 is 1.91 bits per heavy atom. The summed E-state index contributed by atoms with van der Waals surface area (Å²) in [6, 6.07) is 8.79. The van der Waals surface area contributed by atoms with Crippen LogP contribution in [-0.4, -0.2) is 8.07 Å². The molecule has 0 amide bonds. The molecule has 0 N–H and O–H groups in total. The number of nitriles is 3. The van der Waals surface area contributed by atoms with E-state index in [2.05, 4.69) is 46.8 Å². The van der Waals surface area contributed by atoms with Gasteiger partial charge in [-0.1, -0.05) is 50.8 Å². The zero-order valence-electron chi connectivity index (χ0n) is 18.9. The quantitative estimate of drug-likeness (QED) is 0.367. The highest BCUT2D eigenvalue weighted by Crippen LogP contribution is 2.43. The van der Waals surface area contributed by atoms with E-state index in [1.807, 2.05) is 18.2 Å². The van der Waals surface area contributed by atoms with E-state index in [-0.39, 0.29) is 39.0 Å². The molecule has 1 aliphatic rings. The van der Waals surface area contributed by atoms with Gasteiger partial charge in [-0.15, -0.1) is 0 Å². The minimum atomic E-state index is -1.31. The molecule has 0 bridgehead atoms. The van der Waals surface area contributed by atoms with Crippen molar-refractivity contribution in [2.24, 2.45) is 5.92 Å². The minimum Gasteiger partial charge on any atom is -0.238 e. The smallest absolute Gasteiger partial charge is 0.238 e. The number of benzene rings is 1. The molecule has 0 aromatic heterocycles. The van der Waals surface area contributed by atoms with Crippen LogP contribution in [0.1, 0.15) is 30.4 Å². The van der Waals surface area contributed by atoms with Crippen molar-refractivity contribution in [2.45, 2.75) is 44.4 Å². The maximum atomic E-state index is 10.0. The lowest BCUT2D eigenvalue weighted by molar-refractivity contribution is 0.685. The van der Waals surface area contributed by atoms with E-state index in [1.54, 1.807) is 0 Å². The lowest BCUT2D eigenvalue weighted by Crippen LogP contribution is -2.26. The second-order valence-corrected chi connectivity index (χ2v) is 14.5. The van der Waals surface area contributed by atoms with Crippen LogP contribution >= 0.6 is 0 Å². The van der Waals surface area contributed by atoms with E-state index >= 15 is 0 Å². The highest BCUT2D eigenvalue weighted by molar-refractivity contribution is 6.77. The minimum absolute atomic E-state index is 0.0206. The third kappa shape index (κ3) is 5.27. The SMILES string of the molecule is [C-]#[N+]C(=C)c1c/c(=C(/C#N)[N+]#[C-])c(C(C#N)=CC2CCC([Si](C)(C)C)C2)c/c1=C(\C#N)[N+]#[C-]. The fraction of sp³-hybridized carbons (Fsp3) is 0.308. The topological polar surface area (TPSA) is 84.5 Å². The van der Waals surface area contributed by atoms with Gasteiger partial charge in [-0.05, 0) is 45.9 Å². The Bertz CT molecular complexity index is 1380. The normalized spacial score (nSPS) is 19.5. The third-order valence-electron chi connectivity index (χ3n) is 6.06. The number of hydrogen-bond donors (Lipinski definition) is 0. The van der Waals surface area contributed by atoms with Crippen LogP contribution in [0.25, 0.3) is 37.2 Å². The van der Waals surface area contributed by atoms with E-state index in [4.69, 9.17) is 19.7 Å². The van der Waals surface area contributed by atoms with Crippen molar-refractivity contribution in [1.82, 2.24) is 0 Å². The van der Waals surface area contributed by atoms with E-state index in [1.165, 1.54) is 12.1 Å². The molecule has 6 nitrogen and oxygen atoms in total. The molecule has 2 rings (SSSR count).